The van der Waals surface area contributed by atoms with Crippen molar-refractivity contribution in [3.63, 3.8) is 0 Å². The van der Waals surface area contributed by atoms with Crippen LogP contribution in [-0.2, 0) is 4.74 Å². The Balaban J connectivity index is 3.07. The second-order valence-electron chi connectivity index (χ2n) is 1.94. The summed E-state index contributed by atoms with van der Waals surface area (Å²) in [5, 5.41) is 1.89. The molecule has 0 amide bonds. The Hall–Kier alpha value is -0.000000000000000111. The third kappa shape index (κ3) is 1.84. The highest BCUT2D eigenvalue weighted by Crippen LogP contribution is 2.34. The van der Waals surface area contributed by atoms with Crippen LogP contribution in [0.4, 0.5) is 0 Å². The van der Waals surface area contributed by atoms with Gasteiger partial charge in [-0.15, -0.1) is 23.1 Å². The molecule has 0 atom stereocenters. The molecule has 0 aliphatic rings. The number of halogens is 1. The fourth-order valence-electron chi connectivity index (χ4n) is 0.750. The number of esters is 1. The third-order valence-corrected chi connectivity index (χ3v) is 4.39. The molecule has 0 N–H and O–H groups in total. The molecule has 5 heteroatoms. The molecule has 1 heterocycles. The summed E-state index contributed by atoms with van der Waals surface area (Å²) in [6.45, 7) is 0. The number of thioether (sulfide) groups is 1. The van der Waals surface area contributed by atoms with Crippen LogP contribution in [-0.4, -0.2) is 19.3 Å². The van der Waals surface area contributed by atoms with Crippen LogP contribution in [0.3, 0.4) is 0 Å². The second kappa shape index (κ2) is 4.30. The SMILES string of the molecule is COC(=O)c1scc(Br)c1SC. The van der Waals surface area contributed by atoms with Gasteiger partial charge in [-0.1, -0.05) is 0 Å². The molecule has 0 saturated heterocycles. The van der Waals surface area contributed by atoms with Crippen LogP contribution in [0.2, 0.25) is 0 Å². The van der Waals surface area contributed by atoms with Crippen LogP contribution < -0.4 is 0 Å². The summed E-state index contributed by atoms with van der Waals surface area (Å²) in [7, 11) is 1.39. The van der Waals surface area contributed by atoms with Crippen molar-refractivity contribution >= 4 is 45.0 Å². The average molecular weight is 267 g/mol. The molecule has 0 radical (unpaired) electrons. The van der Waals surface area contributed by atoms with Gasteiger partial charge in [-0.3, -0.25) is 0 Å². The first-order chi connectivity index (χ1) is 5.70. The van der Waals surface area contributed by atoms with E-state index in [0.29, 0.717) is 4.88 Å². The van der Waals surface area contributed by atoms with Crippen molar-refractivity contribution in [2.45, 2.75) is 4.90 Å². The summed E-state index contributed by atoms with van der Waals surface area (Å²) in [4.78, 5) is 12.8. The Morgan fingerprint density at radius 3 is 2.92 bits per heavy atom. The van der Waals surface area contributed by atoms with E-state index in [1.807, 2.05) is 11.6 Å². The van der Waals surface area contributed by atoms with Crippen LogP contribution in [0.5, 0.6) is 0 Å². The Kier molecular flexibility index (Phi) is 3.61. The predicted octanol–water partition coefficient (Wildman–Crippen LogP) is 3.02. The zero-order chi connectivity index (χ0) is 9.14. The van der Waals surface area contributed by atoms with Crippen molar-refractivity contribution in [1.29, 1.82) is 0 Å². The summed E-state index contributed by atoms with van der Waals surface area (Å²) < 4.78 is 5.59. The summed E-state index contributed by atoms with van der Waals surface area (Å²) in [5.74, 6) is -0.268. The molecule has 66 valence electrons. The van der Waals surface area contributed by atoms with Gasteiger partial charge in [0.1, 0.15) is 4.88 Å². The smallest absolute Gasteiger partial charge is 0.349 e. The molecular weight excluding hydrogens is 260 g/mol. The number of hydrogen-bond acceptors (Lipinski definition) is 4. The quantitative estimate of drug-likeness (QED) is 0.608. The van der Waals surface area contributed by atoms with Gasteiger partial charge in [0.05, 0.1) is 7.11 Å². The highest BCUT2D eigenvalue weighted by molar-refractivity contribution is 9.10. The standard InChI is InChI=1S/C7H7BrO2S2/c1-10-7(9)6-5(11-2)4(8)3-12-6/h3H,1-2H3. The van der Waals surface area contributed by atoms with Crippen LogP contribution in [0, 0.1) is 0 Å². The zero-order valence-electron chi connectivity index (χ0n) is 6.59. The van der Waals surface area contributed by atoms with Gasteiger partial charge in [0.15, 0.2) is 0 Å². The molecule has 0 bridgehead atoms. The minimum Gasteiger partial charge on any atom is -0.465 e. The predicted molar refractivity (Wildman–Crippen MR) is 55.1 cm³/mol. The average Bonchev–Trinajstić information content (AvgIpc) is 2.45. The van der Waals surface area contributed by atoms with Crippen LogP contribution in [0.1, 0.15) is 9.67 Å². The van der Waals surface area contributed by atoms with Gasteiger partial charge in [-0.2, -0.15) is 0 Å². The van der Waals surface area contributed by atoms with E-state index in [1.54, 1.807) is 0 Å². The lowest BCUT2D eigenvalue weighted by molar-refractivity contribution is 0.0602. The number of carbonyl (C=O) groups excluding carboxylic acids is 1. The van der Waals surface area contributed by atoms with Crippen molar-refractivity contribution in [1.82, 2.24) is 0 Å². The maximum absolute atomic E-state index is 11.2. The van der Waals surface area contributed by atoms with Crippen LogP contribution in [0.25, 0.3) is 0 Å². The van der Waals surface area contributed by atoms with Crippen molar-refractivity contribution in [3.8, 4) is 0 Å². The van der Waals surface area contributed by atoms with E-state index in [2.05, 4.69) is 20.7 Å². The number of carbonyl (C=O) groups is 1. The summed E-state index contributed by atoms with van der Waals surface area (Å²) in [5.41, 5.74) is 0. The fraction of sp³-hybridized carbons (Fsp3) is 0.286. The first-order valence-corrected chi connectivity index (χ1v) is 5.99. The second-order valence-corrected chi connectivity index (χ2v) is 4.49. The molecule has 1 aromatic heterocycles. The molecule has 0 spiro atoms. The van der Waals surface area contributed by atoms with Gasteiger partial charge < -0.3 is 4.74 Å². The molecule has 0 aliphatic heterocycles. The number of methoxy groups -OCH3 is 1. The maximum Gasteiger partial charge on any atom is 0.349 e. The van der Waals surface area contributed by atoms with Gasteiger partial charge in [0, 0.05) is 14.7 Å². The molecule has 2 nitrogen and oxygen atoms in total. The number of thiophene rings is 1. The number of hydrogen-bond donors (Lipinski definition) is 0. The first-order valence-electron chi connectivity index (χ1n) is 3.10. The van der Waals surface area contributed by atoms with E-state index in [9.17, 15) is 4.79 Å². The van der Waals surface area contributed by atoms with Gasteiger partial charge in [-0.25, -0.2) is 4.79 Å². The summed E-state index contributed by atoms with van der Waals surface area (Å²) >= 11 is 6.28. The molecular formula is C7H7BrO2S2. The Morgan fingerprint density at radius 2 is 2.42 bits per heavy atom. The molecule has 1 aromatic rings. The minimum atomic E-state index is -0.268. The van der Waals surface area contributed by atoms with Gasteiger partial charge >= 0.3 is 5.97 Å². The van der Waals surface area contributed by atoms with Gasteiger partial charge in [0.25, 0.3) is 0 Å². The maximum atomic E-state index is 11.2. The highest BCUT2D eigenvalue weighted by atomic mass is 79.9. The Bertz CT molecular complexity index is 296. The van der Waals surface area contributed by atoms with Crippen molar-refractivity contribution in [2.24, 2.45) is 0 Å². The largest absolute Gasteiger partial charge is 0.465 e. The summed E-state index contributed by atoms with van der Waals surface area (Å²) in [6.07, 6.45) is 1.93. The van der Waals surface area contributed by atoms with Crippen LogP contribution in [0.15, 0.2) is 14.7 Å². The molecule has 0 aromatic carbocycles. The Labute approximate surface area is 87.4 Å². The van der Waals surface area contributed by atoms with E-state index < -0.39 is 0 Å². The minimum absolute atomic E-state index is 0.268. The molecule has 0 unspecified atom stereocenters. The summed E-state index contributed by atoms with van der Waals surface area (Å²) in [6, 6.07) is 0. The molecule has 0 saturated carbocycles. The van der Waals surface area contributed by atoms with Crippen molar-refractivity contribution in [3.05, 3.63) is 14.7 Å². The lowest BCUT2D eigenvalue weighted by atomic mass is 10.5. The first kappa shape index (κ1) is 10.1. The van der Waals surface area contributed by atoms with Gasteiger partial charge in [0.2, 0.25) is 0 Å². The lowest BCUT2D eigenvalue weighted by Crippen LogP contribution is -1.99. The number of ether oxygens (including phenoxy) is 1. The van der Waals surface area contributed by atoms with E-state index in [-0.39, 0.29) is 5.97 Å². The van der Waals surface area contributed by atoms with Crippen LogP contribution >= 0.6 is 39.0 Å². The van der Waals surface area contributed by atoms with Gasteiger partial charge in [-0.05, 0) is 22.2 Å². The highest BCUT2D eigenvalue weighted by Gasteiger charge is 2.16. The monoisotopic (exact) mass is 266 g/mol. The molecule has 1 rings (SSSR count). The van der Waals surface area contributed by atoms with Crippen molar-refractivity contribution in [2.75, 3.05) is 13.4 Å². The Morgan fingerprint density at radius 1 is 1.75 bits per heavy atom. The molecule has 0 aliphatic carbocycles. The molecule has 12 heavy (non-hydrogen) atoms. The van der Waals surface area contributed by atoms with E-state index in [0.717, 1.165) is 9.37 Å². The third-order valence-electron chi connectivity index (χ3n) is 1.28. The lowest BCUT2D eigenvalue weighted by Gasteiger charge is -1.98. The van der Waals surface area contributed by atoms with E-state index in [4.69, 9.17) is 0 Å². The zero-order valence-corrected chi connectivity index (χ0v) is 9.81. The fourth-order valence-corrected chi connectivity index (χ4v) is 3.57. The van der Waals surface area contributed by atoms with E-state index in [1.165, 1.54) is 30.2 Å². The topological polar surface area (TPSA) is 26.3 Å². The van der Waals surface area contributed by atoms with E-state index >= 15 is 0 Å². The van der Waals surface area contributed by atoms with Crippen molar-refractivity contribution < 1.29 is 9.53 Å². The normalized spacial score (nSPS) is 9.92. The number of rotatable bonds is 2. The molecule has 0 fully saturated rings.